The normalized spacial score (nSPS) is 39.3. The predicted octanol–water partition coefficient (Wildman–Crippen LogP) is 2.25. The molecular formula is C29H46N4O5. The minimum atomic E-state index is -1.53. The summed E-state index contributed by atoms with van der Waals surface area (Å²) in [6.07, 6.45) is 12.7. The van der Waals surface area contributed by atoms with E-state index in [1.54, 1.807) is 7.05 Å². The number of carboxylic acids is 1. The highest BCUT2D eigenvalue weighted by Gasteiger charge is 2.75. The fourth-order valence-electron chi connectivity index (χ4n) is 9.22. The maximum atomic E-state index is 12.9. The molecule has 0 amide bonds. The second kappa shape index (κ2) is 10.6. The van der Waals surface area contributed by atoms with E-state index in [1.807, 2.05) is 11.1 Å². The topological polar surface area (TPSA) is 141 Å². The average molecular weight is 531 g/mol. The summed E-state index contributed by atoms with van der Waals surface area (Å²) < 4.78 is 6.29. The first kappa shape index (κ1) is 27.6. The number of carbonyl (C=O) groups is 1. The Morgan fingerprint density at radius 2 is 2.03 bits per heavy atom. The summed E-state index contributed by atoms with van der Waals surface area (Å²) in [7, 11) is 1.69. The molecule has 0 aromatic heterocycles. The first-order valence-corrected chi connectivity index (χ1v) is 14.5. The van der Waals surface area contributed by atoms with Crippen LogP contribution in [0.5, 0.6) is 0 Å². The van der Waals surface area contributed by atoms with Crippen LogP contribution < -0.4 is 11.1 Å². The molecule has 6 atom stereocenters. The summed E-state index contributed by atoms with van der Waals surface area (Å²) in [5.74, 6) is -0.0202. The second-order valence-corrected chi connectivity index (χ2v) is 12.4. The van der Waals surface area contributed by atoms with E-state index in [4.69, 9.17) is 10.5 Å². The lowest BCUT2D eigenvalue weighted by Gasteiger charge is -2.61. The molecule has 1 heterocycles. The molecule has 3 saturated carbocycles. The third-order valence-electron chi connectivity index (χ3n) is 10.8. The van der Waals surface area contributed by atoms with Gasteiger partial charge in [-0.2, -0.15) is 0 Å². The molecule has 9 nitrogen and oxygen atoms in total. The number of ether oxygens (including phenoxy) is 1. The van der Waals surface area contributed by atoms with E-state index in [0.717, 1.165) is 44.1 Å². The van der Waals surface area contributed by atoms with Gasteiger partial charge in [-0.3, -0.25) is 4.99 Å². The van der Waals surface area contributed by atoms with Crippen molar-refractivity contribution in [1.82, 2.24) is 10.2 Å². The molecule has 6 unspecified atom stereocenters. The van der Waals surface area contributed by atoms with Gasteiger partial charge in [0.2, 0.25) is 0 Å². The zero-order chi connectivity index (χ0) is 27.1. The van der Waals surface area contributed by atoms with Crippen LogP contribution in [0.2, 0.25) is 0 Å². The molecule has 6 N–H and O–H groups in total. The molecule has 0 radical (unpaired) electrons. The smallest absolute Gasteiger partial charge is 0.334 e. The van der Waals surface area contributed by atoms with Crippen LogP contribution in [0.3, 0.4) is 0 Å². The molecule has 0 aromatic rings. The molecule has 3 fully saturated rings. The quantitative estimate of drug-likeness (QED) is 0.183. The Morgan fingerprint density at radius 3 is 2.71 bits per heavy atom. The molecule has 212 valence electrons. The van der Waals surface area contributed by atoms with E-state index in [9.17, 15) is 20.1 Å². The van der Waals surface area contributed by atoms with Crippen molar-refractivity contribution >= 4 is 11.9 Å². The van der Waals surface area contributed by atoms with Crippen molar-refractivity contribution in [3.63, 3.8) is 0 Å². The van der Waals surface area contributed by atoms with Crippen molar-refractivity contribution < 1.29 is 24.9 Å². The van der Waals surface area contributed by atoms with Crippen LogP contribution in [0.1, 0.15) is 64.7 Å². The van der Waals surface area contributed by atoms with Crippen molar-refractivity contribution in [2.75, 3.05) is 39.9 Å². The monoisotopic (exact) mass is 530 g/mol. The molecule has 38 heavy (non-hydrogen) atoms. The van der Waals surface area contributed by atoms with Gasteiger partial charge in [0.05, 0.1) is 24.9 Å². The molecule has 5 rings (SSSR count). The lowest BCUT2D eigenvalue weighted by molar-refractivity contribution is -0.142. The van der Waals surface area contributed by atoms with Gasteiger partial charge in [0.1, 0.15) is 5.60 Å². The third-order valence-corrected chi connectivity index (χ3v) is 10.8. The number of nitrogens with one attached hydrogen (secondary N) is 1. The molecule has 1 aliphatic heterocycles. The van der Waals surface area contributed by atoms with Crippen molar-refractivity contribution in [3.05, 3.63) is 23.4 Å². The molecular weight excluding hydrogens is 484 g/mol. The largest absolute Gasteiger partial charge is 0.478 e. The third kappa shape index (κ3) is 4.12. The van der Waals surface area contributed by atoms with Gasteiger partial charge in [-0.1, -0.05) is 32.3 Å². The number of rotatable bonds is 8. The molecule has 9 heteroatoms. The van der Waals surface area contributed by atoms with Gasteiger partial charge in [-0.15, -0.1) is 0 Å². The van der Waals surface area contributed by atoms with Gasteiger partial charge in [-0.05, 0) is 61.9 Å². The minimum Gasteiger partial charge on any atom is -0.478 e. The summed E-state index contributed by atoms with van der Waals surface area (Å²) in [4.78, 5) is 19.2. The first-order chi connectivity index (χ1) is 18.2. The highest BCUT2D eigenvalue weighted by atomic mass is 16.5. The Bertz CT molecular complexity index is 1010. The number of hydrogen-bond donors (Lipinski definition) is 5. The predicted molar refractivity (Wildman–Crippen MR) is 145 cm³/mol. The lowest BCUT2D eigenvalue weighted by atomic mass is 9.46. The van der Waals surface area contributed by atoms with Crippen molar-refractivity contribution in [2.45, 2.75) is 76.4 Å². The number of aliphatic hydroxyl groups is 2. The van der Waals surface area contributed by atoms with E-state index >= 15 is 0 Å². The fraction of sp³-hybridized carbons (Fsp3) is 0.793. The number of aliphatic imine (C=N–C) groups is 1. The SMILES string of the molecule is CN=C(N)N1C=CC(CNCCO)C2(C1)C1CCC(C)C23CC(O)(COC2CCCCC2)C(C(=O)O)=C3C1. The summed E-state index contributed by atoms with van der Waals surface area (Å²) in [6.45, 7) is 4.13. The van der Waals surface area contributed by atoms with Crippen molar-refractivity contribution in [1.29, 1.82) is 0 Å². The van der Waals surface area contributed by atoms with Gasteiger partial charge in [0, 0.05) is 43.7 Å². The van der Waals surface area contributed by atoms with Crippen LogP contribution in [0.15, 0.2) is 28.4 Å². The van der Waals surface area contributed by atoms with Crippen LogP contribution in [-0.4, -0.2) is 83.7 Å². The number of hydrogen-bond acceptors (Lipinski definition) is 6. The van der Waals surface area contributed by atoms with E-state index in [1.165, 1.54) is 6.42 Å². The zero-order valence-corrected chi connectivity index (χ0v) is 23.0. The van der Waals surface area contributed by atoms with E-state index < -0.39 is 17.0 Å². The fourth-order valence-corrected chi connectivity index (χ4v) is 9.22. The van der Waals surface area contributed by atoms with Gasteiger partial charge in [0.25, 0.3) is 0 Å². The Morgan fingerprint density at radius 1 is 1.26 bits per heavy atom. The number of guanidine groups is 1. The van der Waals surface area contributed by atoms with Gasteiger partial charge >= 0.3 is 5.97 Å². The standard InChI is InChI=1S/C29H46N4O5/c1-19-8-9-20-14-23-24(25(35)36)27(37,18-38-22-6-4-3-5-7-22)16-28(19,23)29(20)17-33(26(30)31-2)12-10-21(29)15-32-11-13-34/h10,12,19-22,32,34,37H,3-9,11,13-18H2,1-2H3,(H2,30,31)(H,35,36). The van der Waals surface area contributed by atoms with Gasteiger partial charge in [-0.25, -0.2) is 4.79 Å². The Hall–Kier alpha value is -1.94. The molecule has 4 aliphatic carbocycles. The molecule has 5 aliphatic rings. The molecule has 0 saturated heterocycles. The Balaban J connectivity index is 1.59. The second-order valence-electron chi connectivity index (χ2n) is 12.4. The lowest BCUT2D eigenvalue weighted by Crippen LogP contribution is -2.62. The van der Waals surface area contributed by atoms with E-state index in [-0.39, 0.29) is 48.1 Å². The summed E-state index contributed by atoms with van der Waals surface area (Å²) in [6, 6.07) is 0. The molecule has 2 bridgehead atoms. The van der Waals surface area contributed by atoms with Gasteiger partial charge in [0.15, 0.2) is 5.96 Å². The Kier molecular flexibility index (Phi) is 7.68. The van der Waals surface area contributed by atoms with E-state index in [0.29, 0.717) is 38.4 Å². The Labute approximate surface area is 226 Å². The summed E-state index contributed by atoms with van der Waals surface area (Å²) >= 11 is 0. The number of allylic oxidation sites excluding steroid dienone is 1. The van der Waals surface area contributed by atoms with Crippen LogP contribution in [0.25, 0.3) is 0 Å². The highest BCUT2D eigenvalue weighted by Crippen LogP contribution is 2.77. The van der Waals surface area contributed by atoms with Crippen molar-refractivity contribution in [2.24, 2.45) is 39.3 Å². The minimum absolute atomic E-state index is 0.0313. The van der Waals surface area contributed by atoms with Crippen LogP contribution >= 0.6 is 0 Å². The summed E-state index contributed by atoms with van der Waals surface area (Å²) in [5.41, 5.74) is 5.12. The van der Waals surface area contributed by atoms with E-state index in [2.05, 4.69) is 23.3 Å². The first-order valence-electron chi connectivity index (χ1n) is 14.5. The van der Waals surface area contributed by atoms with Crippen LogP contribution in [-0.2, 0) is 9.53 Å². The number of aliphatic carboxylic acids is 1. The zero-order valence-electron chi connectivity index (χ0n) is 23.0. The number of carboxylic acid groups (broad SMARTS) is 1. The van der Waals surface area contributed by atoms with Crippen LogP contribution in [0, 0.1) is 28.6 Å². The average Bonchev–Trinajstić information content (AvgIpc) is 3.26. The molecule has 2 spiro atoms. The van der Waals surface area contributed by atoms with Gasteiger partial charge < -0.3 is 36.0 Å². The van der Waals surface area contributed by atoms with Crippen molar-refractivity contribution in [3.8, 4) is 0 Å². The number of aliphatic hydroxyl groups excluding tert-OH is 1. The summed E-state index contributed by atoms with van der Waals surface area (Å²) in [5, 5.41) is 35.6. The number of nitrogens with two attached hydrogens (primary N) is 1. The maximum absolute atomic E-state index is 12.9. The number of nitrogens with zero attached hydrogens (tertiary/aromatic N) is 2. The highest BCUT2D eigenvalue weighted by molar-refractivity contribution is 5.92. The maximum Gasteiger partial charge on any atom is 0.334 e. The van der Waals surface area contributed by atoms with Crippen LogP contribution in [0.4, 0.5) is 0 Å². The molecule has 0 aromatic carbocycles.